The van der Waals surface area contributed by atoms with Crippen LogP contribution < -0.4 is 5.16 Å². The Morgan fingerprint density at radius 2 is 2.25 bits per heavy atom. The summed E-state index contributed by atoms with van der Waals surface area (Å²) < 4.78 is 1.29. The van der Waals surface area contributed by atoms with Crippen molar-refractivity contribution in [1.82, 2.24) is 0 Å². The van der Waals surface area contributed by atoms with Crippen molar-refractivity contribution in [3.05, 3.63) is 5.21 Å². The van der Waals surface area contributed by atoms with Crippen molar-refractivity contribution in [3.8, 4) is 0 Å². The topological polar surface area (TPSA) is 37.0 Å². The Morgan fingerprint density at radius 1 is 2.00 bits per heavy atom. The summed E-state index contributed by atoms with van der Waals surface area (Å²) in [6.07, 6.45) is 0. The van der Waals surface area contributed by atoms with Crippen molar-refractivity contribution in [2.45, 2.75) is 0 Å². The Hall–Kier alpha value is 0.200. The summed E-state index contributed by atoms with van der Waals surface area (Å²) in [4.78, 5) is 0. The summed E-state index contributed by atoms with van der Waals surface area (Å²) >= 11 is 1.80. The third kappa shape index (κ3) is 2.20. The highest BCUT2D eigenvalue weighted by molar-refractivity contribution is 14.1. The van der Waals surface area contributed by atoms with Crippen molar-refractivity contribution in [3.63, 3.8) is 0 Å². The minimum absolute atomic E-state index is 1.29. The Labute approximate surface area is 37.6 Å². The second-order valence-corrected chi connectivity index (χ2v) is 0.850. The summed E-state index contributed by atoms with van der Waals surface area (Å²) in [5.74, 6) is 0. The lowest BCUT2D eigenvalue weighted by molar-refractivity contribution is -0.362. The van der Waals surface area contributed by atoms with Crippen LogP contribution in [0, 0.1) is 5.21 Å². The number of nitrogens with one attached hydrogen (secondary N) is 1. The third-order valence-electron chi connectivity index (χ3n) is 0.0445. The second-order valence-electron chi connectivity index (χ2n) is 0.227. The van der Waals surface area contributed by atoms with E-state index in [9.17, 15) is 0 Å². The predicted molar refractivity (Wildman–Crippen MR) is 24.4 cm³/mol. The van der Waals surface area contributed by atoms with Gasteiger partial charge in [0.15, 0.2) is 0 Å². The van der Waals surface area contributed by atoms with Crippen LogP contribution in [0.3, 0.4) is 0 Å². The lowest BCUT2D eigenvalue weighted by atomic mass is 11.8. The average molecular weight is 171 g/mol. The quantitative estimate of drug-likeness (QED) is 0.216. The third-order valence-corrected chi connectivity index (χ3v) is 0.299. The van der Waals surface area contributed by atoms with Gasteiger partial charge in [-0.1, -0.05) is 0 Å². The van der Waals surface area contributed by atoms with Gasteiger partial charge < -0.3 is 5.21 Å². The van der Waals surface area contributed by atoms with E-state index in [1.807, 2.05) is 0 Å². The molecule has 3 heteroatoms. The lowest BCUT2D eigenvalue weighted by Crippen LogP contribution is -2.58. The monoisotopic (exact) mass is 171 g/mol. The lowest BCUT2D eigenvalue weighted by Gasteiger charge is -1.63. The van der Waals surface area contributed by atoms with E-state index in [0.717, 1.165) is 0 Å². The number of hydrogen-bond donors (Lipinski definition) is 1. The zero-order valence-electron chi connectivity index (χ0n) is 1.86. The molecule has 0 unspecified atom stereocenters. The van der Waals surface area contributed by atoms with Crippen LogP contribution in [0.2, 0.25) is 0 Å². The molecule has 4 heavy (non-hydrogen) atoms. The molecule has 0 amide bonds. The van der Waals surface area contributed by atoms with Crippen LogP contribution in [0.5, 0.6) is 0 Å². The predicted octanol–water partition coefficient (Wildman–Crippen LogP) is -0.972. The van der Waals surface area contributed by atoms with Gasteiger partial charge in [0.05, 0.1) is 0 Å². The fourth-order valence-electron chi connectivity index (χ4n) is 0. The van der Waals surface area contributed by atoms with Gasteiger partial charge in [0.25, 0.3) is 0 Å². The fraction of sp³-hybridized carbons (Fsp3) is 0. The molecular formula is CH2INO. The molecule has 24 valence electrons. The summed E-state index contributed by atoms with van der Waals surface area (Å²) in [6.45, 7) is 0. The summed E-state index contributed by atoms with van der Waals surface area (Å²) in [5, 5.41) is 10.5. The SMILES string of the molecule is [O-][NH+]=CI. The molecule has 0 atom stereocenters. The maximum atomic E-state index is 8.99. The fourth-order valence-corrected chi connectivity index (χ4v) is 0. The maximum absolute atomic E-state index is 8.99. The minimum atomic E-state index is 1.29. The standard InChI is InChI=1S/CH2INO/c2-1-3-4/h1,3H. The van der Waals surface area contributed by atoms with E-state index in [4.69, 9.17) is 5.21 Å². The van der Waals surface area contributed by atoms with Gasteiger partial charge in [0.1, 0.15) is 0 Å². The van der Waals surface area contributed by atoms with E-state index < -0.39 is 0 Å². The summed E-state index contributed by atoms with van der Waals surface area (Å²) in [5.41, 5.74) is 0. The highest BCUT2D eigenvalue weighted by atomic mass is 127. The Morgan fingerprint density at radius 3 is 2.25 bits per heavy atom. The number of rotatable bonds is 0. The Bertz CT molecular complexity index is 23.2. The molecule has 0 heterocycles. The first-order valence-corrected chi connectivity index (χ1v) is 1.96. The van der Waals surface area contributed by atoms with Crippen molar-refractivity contribution < 1.29 is 5.16 Å². The van der Waals surface area contributed by atoms with Gasteiger partial charge >= 0.3 is 0 Å². The van der Waals surface area contributed by atoms with Gasteiger partial charge in [-0.15, -0.1) is 0 Å². The molecule has 0 saturated heterocycles. The smallest absolute Gasteiger partial charge is 0.209 e. The molecule has 0 aliphatic heterocycles. The van der Waals surface area contributed by atoms with Gasteiger partial charge in [-0.05, 0) is 0 Å². The molecule has 0 aliphatic carbocycles. The van der Waals surface area contributed by atoms with Crippen LogP contribution in [0.25, 0.3) is 0 Å². The molecule has 0 bridgehead atoms. The van der Waals surface area contributed by atoms with E-state index in [0.29, 0.717) is 0 Å². The Balaban J connectivity index is 2.55. The van der Waals surface area contributed by atoms with Gasteiger partial charge in [-0.2, -0.15) is 0 Å². The van der Waals surface area contributed by atoms with E-state index in [1.165, 1.54) is 4.22 Å². The molecule has 0 rings (SSSR count). The molecule has 0 aromatic heterocycles. The molecule has 2 nitrogen and oxygen atoms in total. The first kappa shape index (κ1) is 4.20. The number of halogens is 1. The average Bonchev–Trinajstić information content (AvgIpc) is 1.37. The van der Waals surface area contributed by atoms with E-state index in [1.54, 1.807) is 27.7 Å². The van der Waals surface area contributed by atoms with E-state index in [2.05, 4.69) is 0 Å². The van der Waals surface area contributed by atoms with Crippen LogP contribution in [0.15, 0.2) is 0 Å². The van der Waals surface area contributed by atoms with E-state index >= 15 is 0 Å². The highest BCUT2D eigenvalue weighted by Crippen LogP contribution is 1.51. The van der Waals surface area contributed by atoms with Crippen LogP contribution in [0.1, 0.15) is 0 Å². The van der Waals surface area contributed by atoms with Gasteiger partial charge in [-0.25, -0.2) is 5.16 Å². The van der Waals surface area contributed by atoms with Gasteiger partial charge in [0, 0.05) is 22.6 Å². The molecular weight excluding hydrogens is 169 g/mol. The normalized spacial score (nSPS) is 9.25. The zero-order valence-corrected chi connectivity index (χ0v) is 4.02. The zero-order chi connectivity index (χ0) is 3.41. The molecule has 1 N–H and O–H groups in total. The second kappa shape index (κ2) is 3.20. The van der Waals surface area contributed by atoms with Crippen LogP contribution >= 0.6 is 22.6 Å². The molecule has 0 aromatic rings. The molecule has 0 saturated carbocycles. The van der Waals surface area contributed by atoms with Crippen LogP contribution in [0.4, 0.5) is 0 Å². The summed E-state index contributed by atoms with van der Waals surface area (Å²) in [7, 11) is 0. The van der Waals surface area contributed by atoms with Crippen molar-refractivity contribution in [2.24, 2.45) is 0 Å². The molecule has 0 fully saturated rings. The molecule has 0 aliphatic rings. The number of hydrogen-bond acceptors (Lipinski definition) is 1. The largest absolute Gasteiger partial charge is 0.625 e. The van der Waals surface area contributed by atoms with Gasteiger partial charge in [-0.3, -0.25) is 0 Å². The Kier molecular flexibility index (Phi) is 3.36. The van der Waals surface area contributed by atoms with Gasteiger partial charge in [0.2, 0.25) is 4.22 Å². The highest BCUT2D eigenvalue weighted by Gasteiger charge is 1.39. The first-order valence-electron chi connectivity index (χ1n) is 0.711. The van der Waals surface area contributed by atoms with Crippen LogP contribution in [-0.2, 0) is 0 Å². The van der Waals surface area contributed by atoms with Crippen molar-refractivity contribution in [1.29, 1.82) is 0 Å². The minimum Gasteiger partial charge on any atom is -0.625 e. The summed E-state index contributed by atoms with van der Waals surface area (Å²) in [6, 6.07) is 0. The molecule has 0 aromatic carbocycles. The van der Waals surface area contributed by atoms with Crippen molar-refractivity contribution in [2.75, 3.05) is 0 Å². The molecule has 0 spiro atoms. The first-order chi connectivity index (χ1) is 1.91. The maximum Gasteiger partial charge on any atom is 0.209 e. The van der Waals surface area contributed by atoms with Crippen LogP contribution in [-0.4, -0.2) is 4.22 Å². The van der Waals surface area contributed by atoms with Crippen molar-refractivity contribution >= 4 is 26.8 Å². The van der Waals surface area contributed by atoms with E-state index in [-0.39, 0.29) is 0 Å². The molecule has 0 radical (unpaired) electrons.